The number of nitrogens with one attached hydrogen (secondary N) is 1. The molecule has 0 aliphatic heterocycles. The SMILES string of the molecule is Cc1ccccc1/C=N\NC(=O)c1c(Br)c(C)nn1C. The van der Waals surface area contributed by atoms with E-state index >= 15 is 0 Å². The number of benzene rings is 1. The summed E-state index contributed by atoms with van der Waals surface area (Å²) in [5.74, 6) is -0.301. The first-order chi connectivity index (χ1) is 9.50. The molecule has 0 spiro atoms. The minimum Gasteiger partial charge on any atom is -0.266 e. The molecule has 0 atom stereocenters. The van der Waals surface area contributed by atoms with Crippen molar-refractivity contribution in [1.82, 2.24) is 15.2 Å². The Hall–Kier alpha value is -1.95. The van der Waals surface area contributed by atoms with Crippen molar-refractivity contribution < 1.29 is 4.79 Å². The normalized spacial score (nSPS) is 11.0. The molecular formula is C14H15BrN4O. The van der Waals surface area contributed by atoms with Crippen LogP contribution >= 0.6 is 15.9 Å². The van der Waals surface area contributed by atoms with E-state index in [2.05, 4.69) is 31.6 Å². The Labute approximate surface area is 125 Å². The maximum absolute atomic E-state index is 12.1. The van der Waals surface area contributed by atoms with Gasteiger partial charge in [-0.3, -0.25) is 9.48 Å². The maximum atomic E-state index is 12.1. The predicted molar refractivity (Wildman–Crippen MR) is 81.9 cm³/mol. The number of aryl methyl sites for hydroxylation is 3. The van der Waals surface area contributed by atoms with Crippen molar-refractivity contribution in [3.63, 3.8) is 0 Å². The third-order valence-electron chi connectivity index (χ3n) is 2.92. The van der Waals surface area contributed by atoms with Gasteiger partial charge in [0, 0.05) is 7.05 Å². The zero-order valence-electron chi connectivity index (χ0n) is 11.5. The highest BCUT2D eigenvalue weighted by Gasteiger charge is 2.17. The minimum atomic E-state index is -0.301. The zero-order chi connectivity index (χ0) is 14.7. The van der Waals surface area contributed by atoms with Crippen molar-refractivity contribution in [2.24, 2.45) is 12.1 Å². The second kappa shape index (κ2) is 6.00. The summed E-state index contributed by atoms with van der Waals surface area (Å²) in [5.41, 5.74) is 5.79. The van der Waals surface area contributed by atoms with Gasteiger partial charge in [-0.1, -0.05) is 24.3 Å². The molecule has 1 amide bonds. The fourth-order valence-electron chi connectivity index (χ4n) is 1.82. The summed E-state index contributed by atoms with van der Waals surface area (Å²) in [6, 6.07) is 7.82. The highest BCUT2D eigenvalue weighted by molar-refractivity contribution is 9.10. The van der Waals surface area contributed by atoms with Gasteiger partial charge in [0.15, 0.2) is 0 Å². The molecule has 20 heavy (non-hydrogen) atoms. The van der Waals surface area contributed by atoms with E-state index in [4.69, 9.17) is 0 Å². The summed E-state index contributed by atoms with van der Waals surface area (Å²) < 4.78 is 2.21. The van der Waals surface area contributed by atoms with Crippen LogP contribution in [0.25, 0.3) is 0 Å². The molecule has 2 aromatic rings. The van der Waals surface area contributed by atoms with Crippen LogP contribution in [0.3, 0.4) is 0 Å². The van der Waals surface area contributed by atoms with Crippen molar-refractivity contribution in [2.45, 2.75) is 13.8 Å². The van der Waals surface area contributed by atoms with Gasteiger partial charge >= 0.3 is 0 Å². The standard InChI is InChI=1S/C14H15BrN4O/c1-9-6-4-5-7-11(9)8-16-17-14(20)13-12(15)10(2)18-19(13)3/h4-8H,1-3H3,(H,17,20)/b16-8-. The molecule has 1 aromatic carbocycles. The Morgan fingerprint density at radius 3 is 2.70 bits per heavy atom. The third-order valence-corrected chi connectivity index (χ3v) is 3.87. The number of carbonyl (C=O) groups is 1. The summed E-state index contributed by atoms with van der Waals surface area (Å²) >= 11 is 3.35. The number of hydrogen-bond acceptors (Lipinski definition) is 3. The van der Waals surface area contributed by atoms with Crippen LogP contribution in [0.5, 0.6) is 0 Å². The summed E-state index contributed by atoms with van der Waals surface area (Å²) in [7, 11) is 1.72. The van der Waals surface area contributed by atoms with E-state index in [1.807, 2.05) is 38.1 Å². The number of hydrazone groups is 1. The molecule has 0 fully saturated rings. The number of rotatable bonds is 3. The average molecular weight is 335 g/mol. The molecule has 0 aliphatic rings. The fourth-order valence-corrected chi connectivity index (χ4v) is 2.34. The fraction of sp³-hybridized carbons (Fsp3) is 0.214. The lowest BCUT2D eigenvalue weighted by Gasteiger charge is -2.02. The van der Waals surface area contributed by atoms with Gasteiger partial charge in [-0.25, -0.2) is 5.43 Å². The Bertz CT molecular complexity index is 676. The summed E-state index contributed by atoms with van der Waals surface area (Å²) in [4.78, 5) is 12.1. The average Bonchev–Trinajstić information content (AvgIpc) is 2.65. The van der Waals surface area contributed by atoms with Crippen LogP contribution in [0.1, 0.15) is 27.3 Å². The highest BCUT2D eigenvalue weighted by Crippen LogP contribution is 2.19. The Balaban J connectivity index is 2.11. The smallest absolute Gasteiger partial charge is 0.266 e. The number of nitrogens with zero attached hydrogens (tertiary/aromatic N) is 3. The molecule has 0 unspecified atom stereocenters. The number of hydrogen-bond donors (Lipinski definition) is 1. The van der Waals surface area contributed by atoms with Crippen molar-refractivity contribution in [3.8, 4) is 0 Å². The first-order valence-corrected chi connectivity index (χ1v) is 6.88. The van der Waals surface area contributed by atoms with Gasteiger partial charge in [-0.2, -0.15) is 10.2 Å². The molecule has 0 bridgehead atoms. The topological polar surface area (TPSA) is 59.3 Å². The van der Waals surface area contributed by atoms with Gasteiger partial charge in [0.2, 0.25) is 0 Å². The van der Waals surface area contributed by atoms with Crippen LogP contribution in [-0.4, -0.2) is 21.9 Å². The monoisotopic (exact) mass is 334 g/mol. The van der Waals surface area contributed by atoms with Crippen LogP contribution in [0.15, 0.2) is 33.8 Å². The van der Waals surface area contributed by atoms with Gasteiger partial charge in [-0.05, 0) is 40.9 Å². The molecule has 2 rings (SSSR count). The highest BCUT2D eigenvalue weighted by atomic mass is 79.9. The second-order valence-corrected chi connectivity index (χ2v) is 5.22. The van der Waals surface area contributed by atoms with Gasteiger partial charge < -0.3 is 0 Å². The maximum Gasteiger partial charge on any atom is 0.290 e. The van der Waals surface area contributed by atoms with Crippen molar-refractivity contribution in [3.05, 3.63) is 51.3 Å². The molecule has 0 saturated carbocycles. The van der Waals surface area contributed by atoms with E-state index in [0.29, 0.717) is 10.2 Å². The molecule has 0 aliphatic carbocycles. The number of amides is 1. The van der Waals surface area contributed by atoms with E-state index in [9.17, 15) is 4.79 Å². The van der Waals surface area contributed by atoms with Crippen LogP contribution in [-0.2, 0) is 7.05 Å². The van der Waals surface area contributed by atoms with Crippen LogP contribution in [0, 0.1) is 13.8 Å². The van der Waals surface area contributed by atoms with Crippen molar-refractivity contribution in [1.29, 1.82) is 0 Å². The third kappa shape index (κ3) is 2.96. The van der Waals surface area contributed by atoms with E-state index in [0.717, 1.165) is 16.8 Å². The van der Waals surface area contributed by atoms with Crippen molar-refractivity contribution >= 4 is 28.1 Å². The van der Waals surface area contributed by atoms with Gasteiger partial charge in [-0.15, -0.1) is 0 Å². The van der Waals surface area contributed by atoms with Crippen LogP contribution < -0.4 is 5.43 Å². The second-order valence-electron chi connectivity index (χ2n) is 4.43. The molecule has 1 aromatic heterocycles. The van der Waals surface area contributed by atoms with Crippen LogP contribution in [0.2, 0.25) is 0 Å². The lowest BCUT2D eigenvalue weighted by molar-refractivity contribution is 0.0945. The quantitative estimate of drug-likeness (QED) is 0.692. The summed E-state index contributed by atoms with van der Waals surface area (Å²) in [5, 5.41) is 8.15. The van der Waals surface area contributed by atoms with E-state index < -0.39 is 0 Å². The van der Waals surface area contributed by atoms with Crippen LogP contribution in [0.4, 0.5) is 0 Å². The molecular weight excluding hydrogens is 320 g/mol. The Morgan fingerprint density at radius 1 is 1.40 bits per heavy atom. The lowest BCUT2D eigenvalue weighted by Crippen LogP contribution is -2.21. The Kier molecular flexibility index (Phi) is 4.34. The molecule has 104 valence electrons. The summed E-state index contributed by atoms with van der Waals surface area (Å²) in [6.45, 7) is 3.82. The van der Waals surface area contributed by atoms with E-state index in [-0.39, 0.29) is 5.91 Å². The Morgan fingerprint density at radius 2 is 2.10 bits per heavy atom. The zero-order valence-corrected chi connectivity index (χ0v) is 13.1. The molecule has 1 N–H and O–H groups in total. The minimum absolute atomic E-state index is 0.301. The molecule has 5 nitrogen and oxygen atoms in total. The summed E-state index contributed by atoms with van der Waals surface area (Å²) in [6.07, 6.45) is 1.63. The first-order valence-electron chi connectivity index (χ1n) is 6.09. The number of aromatic nitrogens is 2. The number of halogens is 1. The molecule has 6 heteroatoms. The predicted octanol–water partition coefficient (Wildman–Crippen LogP) is 2.56. The largest absolute Gasteiger partial charge is 0.290 e. The number of carbonyl (C=O) groups excluding carboxylic acids is 1. The van der Waals surface area contributed by atoms with Gasteiger partial charge in [0.25, 0.3) is 5.91 Å². The first kappa shape index (κ1) is 14.5. The molecule has 1 heterocycles. The van der Waals surface area contributed by atoms with Gasteiger partial charge in [0.05, 0.1) is 16.4 Å². The van der Waals surface area contributed by atoms with E-state index in [1.54, 1.807) is 13.3 Å². The molecule has 0 radical (unpaired) electrons. The van der Waals surface area contributed by atoms with E-state index in [1.165, 1.54) is 4.68 Å². The molecule has 0 saturated heterocycles. The lowest BCUT2D eigenvalue weighted by atomic mass is 10.1. The van der Waals surface area contributed by atoms with Gasteiger partial charge in [0.1, 0.15) is 5.69 Å². The van der Waals surface area contributed by atoms with Crippen molar-refractivity contribution in [2.75, 3.05) is 0 Å².